The topological polar surface area (TPSA) is 61.4 Å². The van der Waals surface area contributed by atoms with Crippen LogP contribution in [0.4, 0.5) is 0 Å². The van der Waals surface area contributed by atoms with Gasteiger partial charge in [-0.1, -0.05) is 6.07 Å². The van der Waals surface area contributed by atoms with Gasteiger partial charge >= 0.3 is 0 Å². The zero-order valence-electron chi connectivity index (χ0n) is 16.7. The number of nitrogens with one attached hydrogen (secondary N) is 1. The van der Waals surface area contributed by atoms with Crippen molar-refractivity contribution in [3.63, 3.8) is 0 Å². The van der Waals surface area contributed by atoms with Gasteiger partial charge in [0.25, 0.3) is 0 Å². The lowest BCUT2D eigenvalue weighted by atomic mass is 9.67. The minimum Gasteiger partial charge on any atom is -0.350 e. The highest BCUT2D eigenvalue weighted by atomic mass is 32.1. The molecule has 0 bridgehead atoms. The van der Waals surface area contributed by atoms with Crippen molar-refractivity contribution >= 4 is 17.2 Å². The molecule has 0 aromatic carbocycles. The van der Waals surface area contributed by atoms with Crippen LogP contribution in [0.25, 0.3) is 0 Å². The molecular formula is C21H29N5OS. The normalized spacial score (nSPS) is 26.0. The van der Waals surface area contributed by atoms with Crippen molar-refractivity contribution in [2.75, 3.05) is 26.7 Å². The Morgan fingerprint density at radius 1 is 1.32 bits per heavy atom. The number of fused-ring (bicyclic) bond motifs is 1. The second kappa shape index (κ2) is 8.27. The van der Waals surface area contributed by atoms with Gasteiger partial charge in [-0.15, -0.1) is 11.3 Å². The van der Waals surface area contributed by atoms with E-state index in [0.29, 0.717) is 6.54 Å². The van der Waals surface area contributed by atoms with E-state index in [2.05, 4.69) is 39.1 Å². The van der Waals surface area contributed by atoms with Gasteiger partial charge in [0.1, 0.15) is 0 Å². The fourth-order valence-corrected chi connectivity index (χ4v) is 5.51. The maximum absolute atomic E-state index is 13.5. The standard InChI is InChI=1S/C21H29N5OS/c1-16-18(28-15-24-16)13-26-10-5-7-21(8-11-25(2)14-19(21)26)20(27)23-12-17-6-3-4-9-22-17/h3-4,6,9,15,19H,5,7-8,10-14H2,1-2H3,(H,23,27)/t19-,21+/m0/s1. The summed E-state index contributed by atoms with van der Waals surface area (Å²) in [6.45, 7) is 6.43. The molecular weight excluding hydrogens is 370 g/mol. The van der Waals surface area contributed by atoms with Crippen LogP contribution in [-0.4, -0.2) is 58.4 Å². The predicted octanol–water partition coefficient (Wildman–Crippen LogP) is 2.45. The van der Waals surface area contributed by atoms with E-state index in [-0.39, 0.29) is 17.4 Å². The highest BCUT2D eigenvalue weighted by molar-refractivity contribution is 7.09. The Balaban J connectivity index is 1.53. The van der Waals surface area contributed by atoms with E-state index in [1.165, 1.54) is 4.88 Å². The molecule has 6 nitrogen and oxygen atoms in total. The molecule has 2 aromatic heterocycles. The van der Waals surface area contributed by atoms with Gasteiger partial charge in [-0.3, -0.25) is 14.7 Å². The molecule has 7 heteroatoms. The van der Waals surface area contributed by atoms with E-state index >= 15 is 0 Å². The van der Waals surface area contributed by atoms with Crippen LogP contribution in [0.3, 0.4) is 0 Å². The number of nitrogens with zero attached hydrogens (tertiary/aromatic N) is 4. The average molecular weight is 400 g/mol. The summed E-state index contributed by atoms with van der Waals surface area (Å²) in [5.41, 5.74) is 3.64. The fourth-order valence-electron chi connectivity index (χ4n) is 4.71. The van der Waals surface area contributed by atoms with E-state index in [9.17, 15) is 4.79 Å². The first-order chi connectivity index (χ1) is 13.6. The molecule has 0 saturated carbocycles. The first-order valence-electron chi connectivity index (χ1n) is 10.1. The van der Waals surface area contributed by atoms with Crippen LogP contribution in [0.5, 0.6) is 0 Å². The molecule has 4 rings (SSSR count). The number of rotatable bonds is 5. The first-order valence-corrected chi connectivity index (χ1v) is 11.0. The number of aryl methyl sites for hydroxylation is 1. The highest BCUT2D eigenvalue weighted by Gasteiger charge is 2.52. The van der Waals surface area contributed by atoms with Gasteiger partial charge in [0.15, 0.2) is 0 Å². The zero-order chi connectivity index (χ0) is 19.6. The van der Waals surface area contributed by atoms with Crippen molar-refractivity contribution in [3.8, 4) is 0 Å². The predicted molar refractivity (Wildman–Crippen MR) is 111 cm³/mol. The molecule has 2 aromatic rings. The Hall–Kier alpha value is -1.83. The number of piperidine rings is 2. The van der Waals surface area contributed by atoms with Gasteiger partial charge in [0.05, 0.1) is 28.9 Å². The molecule has 0 unspecified atom stereocenters. The summed E-state index contributed by atoms with van der Waals surface area (Å²) in [6, 6.07) is 6.07. The Kier molecular flexibility index (Phi) is 5.75. The minimum absolute atomic E-state index is 0.196. The molecule has 0 aliphatic carbocycles. The van der Waals surface area contributed by atoms with Gasteiger partial charge in [-0.2, -0.15) is 0 Å². The number of amides is 1. The van der Waals surface area contributed by atoms with Crippen LogP contribution in [0.1, 0.15) is 35.5 Å². The van der Waals surface area contributed by atoms with Crippen LogP contribution in [0, 0.1) is 12.3 Å². The summed E-state index contributed by atoms with van der Waals surface area (Å²) in [5, 5.41) is 3.21. The molecule has 2 fully saturated rings. The molecule has 2 atom stereocenters. The lowest BCUT2D eigenvalue weighted by molar-refractivity contribution is -0.145. The van der Waals surface area contributed by atoms with E-state index in [1.807, 2.05) is 23.7 Å². The van der Waals surface area contributed by atoms with Crippen LogP contribution in [0.15, 0.2) is 29.9 Å². The number of likely N-dealkylation sites (N-methyl/N-ethyl adjacent to an activating group) is 1. The number of likely N-dealkylation sites (tertiary alicyclic amines) is 2. The average Bonchev–Trinajstić information content (AvgIpc) is 3.12. The van der Waals surface area contributed by atoms with Gasteiger partial charge < -0.3 is 10.2 Å². The lowest BCUT2D eigenvalue weighted by Crippen LogP contribution is -2.65. The van der Waals surface area contributed by atoms with Crippen molar-refractivity contribution in [2.45, 2.75) is 45.3 Å². The third-order valence-corrected chi connectivity index (χ3v) is 7.29. The quantitative estimate of drug-likeness (QED) is 0.837. The van der Waals surface area contributed by atoms with Crippen molar-refractivity contribution < 1.29 is 4.79 Å². The number of hydrogen-bond donors (Lipinski definition) is 1. The maximum Gasteiger partial charge on any atom is 0.228 e. The molecule has 2 aliphatic rings. The largest absolute Gasteiger partial charge is 0.350 e. The zero-order valence-corrected chi connectivity index (χ0v) is 17.5. The van der Waals surface area contributed by atoms with Gasteiger partial charge in [-0.25, -0.2) is 4.98 Å². The van der Waals surface area contributed by atoms with Crippen molar-refractivity contribution in [1.29, 1.82) is 0 Å². The molecule has 0 spiro atoms. The Morgan fingerprint density at radius 3 is 2.96 bits per heavy atom. The van der Waals surface area contributed by atoms with Gasteiger partial charge in [0.2, 0.25) is 5.91 Å². The fraction of sp³-hybridized carbons (Fsp3) is 0.571. The third-order valence-electron chi connectivity index (χ3n) is 6.37. The number of carbonyl (C=O) groups is 1. The SMILES string of the molecule is Cc1ncsc1CN1CCC[C@@]2(C(=O)NCc3ccccn3)CCN(C)C[C@H]12. The van der Waals surface area contributed by atoms with Crippen LogP contribution in [-0.2, 0) is 17.9 Å². The summed E-state index contributed by atoms with van der Waals surface area (Å²) in [5.74, 6) is 0.196. The van der Waals surface area contributed by atoms with Gasteiger partial charge in [0, 0.05) is 30.2 Å². The summed E-state index contributed by atoms with van der Waals surface area (Å²) in [6.07, 6.45) is 4.73. The third kappa shape index (κ3) is 3.83. The smallest absolute Gasteiger partial charge is 0.228 e. The molecule has 0 radical (unpaired) electrons. The summed E-state index contributed by atoms with van der Waals surface area (Å²) < 4.78 is 0. The number of hydrogen-bond acceptors (Lipinski definition) is 6. The Morgan fingerprint density at radius 2 is 2.21 bits per heavy atom. The molecule has 28 heavy (non-hydrogen) atoms. The second-order valence-corrected chi connectivity index (χ2v) is 9.06. The summed E-state index contributed by atoms with van der Waals surface area (Å²) in [7, 11) is 2.17. The number of carbonyl (C=O) groups excluding carboxylic acids is 1. The van der Waals surface area contributed by atoms with Crippen molar-refractivity contribution in [1.82, 2.24) is 25.1 Å². The molecule has 4 heterocycles. The molecule has 1 amide bonds. The molecule has 1 N–H and O–H groups in total. The summed E-state index contributed by atoms with van der Waals surface area (Å²) >= 11 is 1.72. The summed E-state index contributed by atoms with van der Waals surface area (Å²) in [4.78, 5) is 28.4. The van der Waals surface area contributed by atoms with Crippen LogP contribution in [0.2, 0.25) is 0 Å². The van der Waals surface area contributed by atoms with Crippen LogP contribution < -0.4 is 5.32 Å². The van der Waals surface area contributed by atoms with Crippen molar-refractivity contribution in [3.05, 3.63) is 46.2 Å². The highest BCUT2D eigenvalue weighted by Crippen LogP contribution is 2.43. The van der Waals surface area contributed by atoms with E-state index < -0.39 is 0 Å². The molecule has 2 saturated heterocycles. The maximum atomic E-state index is 13.5. The monoisotopic (exact) mass is 399 g/mol. The van der Waals surface area contributed by atoms with Crippen LogP contribution >= 0.6 is 11.3 Å². The van der Waals surface area contributed by atoms with Gasteiger partial charge in [-0.05, 0) is 58.5 Å². The van der Waals surface area contributed by atoms with E-state index in [1.54, 1.807) is 17.5 Å². The van der Waals surface area contributed by atoms with E-state index in [0.717, 1.165) is 56.8 Å². The molecule has 2 aliphatic heterocycles. The lowest BCUT2D eigenvalue weighted by Gasteiger charge is -2.53. The Bertz CT molecular complexity index is 810. The van der Waals surface area contributed by atoms with E-state index in [4.69, 9.17) is 0 Å². The molecule has 150 valence electrons. The second-order valence-electron chi connectivity index (χ2n) is 8.12. The first kappa shape index (κ1) is 19.5. The number of thiazole rings is 1. The minimum atomic E-state index is -0.307. The number of aromatic nitrogens is 2. The van der Waals surface area contributed by atoms with Crippen molar-refractivity contribution in [2.24, 2.45) is 5.41 Å². The number of pyridine rings is 1. The Labute approximate surface area is 171 Å².